The van der Waals surface area contributed by atoms with Gasteiger partial charge >= 0.3 is 0 Å². The van der Waals surface area contributed by atoms with Crippen LogP contribution in [0, 0.1) is 5.41 Å². The lowest BCUT2D eigenvalue weighted by molar-refractivity contribution is -0.118. The van der Waals surface area contributed by atoms with E-state index >= 15 is 0 Å². The van der Waals surface area contributed by atoms with E-state index in [0.29, 0.717) is 29.0 Å². The minimum absolute atomic E-state index is 0.0927. The van der Waals surface area contributed by atoms with Crippen molar-refractivity contribution in [2.24, 2.45) is 5.41 Å². The van der Waals surface area contributed by atoms with Crippen molar-refractivity contribution in [3.05, 3.63) is 101 Å². The Morgan fingerprint density at radius 2 is 1.54 bits per heavy atom. The number of ketones is 3. The lowest BCUT2D eigenvalue weighted by atomic mass is 9.64. The van der Waals surface area contributed by atoms with Crippen LogP contribution in [0.25, 0.3) is 6.08 Å². The standard InChI is InChI=1S/C30H25NO4/c1-3-35-24-15-9-7-13-22(24)26-27(18(2)32)31-23-14-8-4-10-19(23)16-17-25(31)30(26)28(33)20-11-5-6-12-21(20)29(30)34/h4-17,25-27H,3H2,1-2H3/t25-,26-,27-/m0/s1. The van der Waals surface area contributed by atoms with E-state index < -0.39 is 23.4 Å². The summed E-state index contributed by atoms with van der Waals surface area (Å²) in [7, 11) is 0. The normalized spacial score (nSPS) is 23.3. The molecule has 3 atom stereocenters. The first-order valence-electron chi connectivity index (χ1n) is 12.0. The molecule has 1 spiro atoms. The third-order valence-corrected chi connectivity index (χ3v) is 7.68. The topological polar surface area (TPSA) is 63.7 Å². The van der Waals surface area contributed by atoms with E-state index in [2.05, 4.69) is 0 Å². The molecule has 1 aliphatic carbocycles. The number of fused-ring (bicyclic) bond motifs is 5. The van der Waals surface area contributed by atoms with Gasteiger partial charge in [0.15, 0.2) is 17.3 Å². The van der Waals surface area contributed by atoms with Gasteiger partial charge in [0.2, 0.25) is 0 Å². The predicted molar refractivity (Wildman–Crippen MR) is 134 cm³/mol. The van der Waals surface area contributed by atoms with Crippen LogP contribution in [0.2, 0.25) is 0 Å². The van der Waals surface area contributed by atoms with Crippen LogP contribution in [0.5, 0.6) is 5.75 Å². The molecule has 0 radical (unpaired) electrons. The minimum atomic E-state index is -1.47. The molecule has 35 heavy (non-hydrogen) atoms. The van der Waals surface area contributed by atoms with Gasteiger partial charge in [-0.05, 0) is 31.5 Å². The summed E-state index contributed by atoms with van der Waals surface area (Å²) in [6, 6.07) is 21.0. The summed E-state index contributed by atoms with van der Waals surface area (Å²) >= 11 is 0. The Bertz CT molecular complexity index is 1390. The van der Waals surface area contributed by atoms with Gasteiger partial charge < -0.3 is 9.64 Å². The summed E-state index contributed by atoms with van der Waals surface area (Å²) in [6.45, 7) is 3.88. The van der Waals surface area contributed by atoms with E-state index in [1.807, 2.05) is 72.5 Å². The van der Waals surface area contributed by atoms with Gasteiger partial charge in [-0.25, -0.2) is 0 Å². The second kappa shape index (κ2) is 7.77. The highest BCUT2D eigenvalue weighted by molar-refractivity contribution is 6.32. The maximum absolute atomic E-state index is 14.4. The quantitative estimate of drug-likeness (QED) is 0.504. The molecule has 0 aromatic heterocycles. The third kappa shape index (κ3) is 2.72. The van der Waals surface area contributed by atoms with E-state index in [1.165, 1.54) is 0 Å². The van der Waals surface area contributed by atoms with E-state index in [4.69, 9.17) is 4.74 Å². The number of benzene rings is 3. The molecular weight excluding hydrogens is 438 g/mol. The number of hydrogen-bond acceptors (Lipinski definition) is 5. The first-order valence-corrected chi connectivity index (χ1v) is 12.0. The number of para-hydroxylation sites is 2. The first-order chi connectivity index (χ1) is 17.0. The van der Waals surface area contributed by atoms with E-state index in [-0.39, 0.29) is 17.3 Å². The lowest BCUT2D eigenvalue weighted by Gasteiger charge is -2.37. The molecular formula is C30H25NO4. The van der Waals surface area contributed by atoms with Gasteiger partial charge in [0.25, 0.3) is 0 Å². The molecule has 0 saturated carbocycles. The van der Waals surface area contributed by atoms with Crippen molar-refractivity contribution in [1.82, 2.24) is 0 Å². The Kier molecular flexibility index (Phi) is 4.78. The lowest BCUT2D eigenvalue weighted by Crippen LogP contribution is -2.48. The Morgan fingerprint density at radius 1 is 0.914 bits per heavy atom. The number of carbonyl (C=O) groups excluding carboxylic acids is 3. The van der Waals surface area contributed by atoms with E-state index in [0.717, 1.165) is 11.3 Å². The molecule has 1 fully saturated rings. The van der Waals surface area contributed by atoms with Crippen LogP contribution >= 0.6 is 0 Å². The Morgan fingerprint density at radius 3 is 2.23 bits per heavy atom. The molecule has 1 saturated heterocycles. The molecule has 3 aromatic carbocycles. The molecule has 2 heterocycles. The van der Waals surface area contributed by atoms with Gasteiger partial charge in [0, 0.05) is 28.3 Å². The molecule has 2 aliphatic heterocycles. The third-order valence-electron chi connectivity index (χ3n) is 7.68. The summed E-state index contributed by atoms with van der Waals surface area (Å²) in [4.78, 5) is 44.2. The van der Waals surface area contributed by atoms with Crippen LogP contribution in [-0.4, -0.2) is 36.0 Å². The molecule has 0 N–H and O–H groups in total. The second-order valence-electron chi connectivity index (χ2n) is 9.35. The SMILES string of the molecule is CCOc1ccccc1[C@H]1[C@H](C(C)=O)N2c3ccccc3C=C[C@H]2C12C(=O)c1ccccc1C2=O. The van der Waals surface area contributed by atoms with Gasteiger partial charge in [-0.15, -0.1) is 0 Å². The molecule has 5 nitrogen and oxygen atoms in total. The monoisotopic (exact) mass is 463 g/mol. The predicted octanol–water partition coefficient (Wildman–Crippen LogP) is 5.11. The molecule has 3 aliphatic rings. The average molecular weight is 464 g/mol. The molecule has 0 amide bonds. The molecule has 0 bridgehead atoms. The number of hydrogen-bond donors (Lipinski definition) is 0. The van der Waals surface area contributed by atoms with Crippen molar-refractivity contribution in [1.29, 1.82) is 0 Å². The van der Waals surface area contributed by atoms with Gasteiger partial charge in [0.05, 0.1) is 18.7 Å². The number of nitrogens with zero attached hydrogens (tertiary/aromatic N) is 1. The maximum Gasteiger partial charge on any atom is 0.180 e. The van der Waals surface area contributed by atoms with Crippen LogP contribution in [0.15, 0.2) is 78.9 Å². The van der Waals surface area contributed by atoms with Crippen LogP contribution in [0.1, 0.15) is 51.6 Å². The number of carbonyl (C=O) groups is 3. The fourth-order valence-corrected chi connectivity index (χ4v) is 6.44. The zero-order valence-corrected chi connectivity index (χ0v) is 19.6. The maximum atomic E-state index is 14.4. The van der Waals surface area contributed by atoms with Crippen molar-refractivity contribution in [2.75, 3.05) is 11.5 Å². The summed E-state index contributed by atoms with van der Waals surface area (Å²) in [5.74, 6) is -0.658. The fourth-order valence-electron chi connectivity index (χ4n) is 6.44. The largest absolute Gasteiger partial charge is 0.494 e. The summed E-state index contributed by atoms with van der Waals surface area (Å²) in [5, 5.41) is 0. The number of ether oxygens (including phenoxy) is 1. The van der Waals surface area contributed by atoms with Crippen molar-refractivity contribution < 1.29 is 19.1 Å². The van der Waals surface area contributed by atoms with E-state index in [9.17, 15) is 14.4 Å². The van der Waals surface area contributed by atoms with Gasteiger partial charge in [-0.3, -0.25) is 14.4 Å². The first kappa shape index (κ1) is 21.5. The van der Waals surface area contributed by atoms with Crippen molar-refractivity contribution in [3.63, 3.8) is 0 Å². The summed E-state index contributed by atoms with van der Waals surface area (Å²) in [6.07, 6.45) is 3.90. The van der Waals surface area contributed by atoms with Crippen LogP contribution < -0.4 is 9.64 Å². The van der Waals surface area contributed by atoms with Crippen molar-refractivity contribution >= 4 is 29.1 Å². The molecule has 3 aromatic rings. The van der Waals surface area contributed by atoms with Crippen molar-refractivity contribution in [3.8, 4) is 5.75 Å². The number of Topliss-reactive ketones (excluding diaryl/α,β-unsaturated/α-hetero) is 3. The second-order valence-corrected chi connectivity index (χ2v) is 9.35. The zero-order chi connectivity index (χ0) is 24.3. The molecule has 0 unspecified atom stereocenters. The van der Waals surface area contributed by atoms with Crippen LogP contribution in [-0.2, 0) is 4.79 Å². The molecule has 6 rings (SSSR count). The highest BCUT2D eigenvalue weighted by Crippen LogP contribution is 2.61. The highest BCUT2D eigenvalue weighted by Gasteiger charge is 2.71. The molecule has 174 valence electrons. The van der Waals surface area contributed by atoms with Crippen molar-refractivity contribution in [2.45, 2.75) is 31.8 Å². The Labute approximate surface area is 204 Å². The minimum Gasteiger partial charge on any atom is -0.494 e. The summed E-state index contributed by atoms with van der Waals surface area (Å²) in [5.41, 5.74) is 1.90. The van der Waals surface area contributed by atoms with E-state index in [1.54, 1.807) is 31.2 Å². The Hall–Kier alpha value is -3.99. The van der Waals surface area contributed by atoms with Crippen LogP contribution in [0.3, 0.4) is 0 Å². The smallest absolute Gasteiger partial charge is 0.180 e. The van der Waals surface area contributed by atoms with Crippen LogP contribution in [0.4, 0.5) is 5.69 Å². The number of anilines is 1. The molecule has 5 heteroatoms. The highest BCUT2D eigenvalue weighted by atomic mass is 16.5. The van der Waals surface area contributed by atoms with Gasteiger partial charge in [0.1, 0.15) is 11.2 Å². The summed E-state index contributed by atoms with van der Waals surface area (Å²) < 4.78 is 5.98. The Balaban J connectivity index is 1.69. The van der Waals surface area contributed by atoms with Gasteiger partial charge in [-0.1, -0.05) is 72.8 Å². The van der Waals surface area contributed by atoms with Gasteiger partial charge in [-0.2, -0.15) is 0 Å². The zero-order valence-electron chi connectivity index (χ0n) is 19.6. The number of rotatable bonds is 4. The fraction of sp³-hybridized carbons (Fsp3) is 0.233. The average Bonchev–Trinajstić information content (AvgIpc) is 3.31.